The molecule has 0 aliphatic carbocycles. The fraction of sp³-hybridized carbons (Fsp3) is 0.231. The molecule has 0 spiro atoms. The van der Waals surface area contributed by atoms with E-state index in [1.165, 1.54) is 0 Å². The number of carbonyl (C=O) groups is 2. The van der Waals surface area contributed by atoms with Crippen molar-refractivity contribution in [2.75, 3.05) is 24.3 Å². The molecule has 0 atom stereocenters. The van der Waals surface area contributed by atoms with E-state index in [1.807, 2.05) is 79.3 Å². The second-order valence-corrected chi connectivity index (χ2v) is 8.17. The Labute approximate surface area is 194 Å². The van der Waals surface area contributed by atoms with Crippen LogP contribution < -0.4 is 10.2 Å². The number of hydrogen-bond acceptors (Lipinski definition) is 3. The largest absolute Gasteiger partial charge is 0.377 e. The highest BCUT2D eigenvalue weighted by atomic mass is 35.5. The highest BCUT2D eigenvalue weighted by molar-refractivity contribution is 6.34. The molecule has 0 bridgehead atoms. The van der Waals surface area contributed by atoms with Crippen molar-refractivity contribution >= 4 is 34.8 Å². The molecule has 0 saturated carbocycles. The quantitative estimate of drug-likeness (QED) is 0.487. The average molecular weight is 450 g/mol. The molecule has 2 amide bonds. The first-order chi connectivity index (χ1) is 15.4. The number of nitrogens with one attached hydrogen (secondary N) is 1. The van der Waals surface area contributed by atoms with Gasteiger partial charge in [0.1, 0.15) is 0 Å². The predicted octanol–water partition coefficient (Wildman–Crippen LogP) is 5.60. The molecule has 3 aromatic rings. The summed E-state index contributed by atoms with van der Waals surface area (Å²) in [6, 6.07) is 22.6. The molecule has 0 aliphatic rings. The van der Waals surface area contributed by atoms with Crippen LogP contribution in [0.5, 0.6) is 0 Å². The van der Waals surface area contributed by atoms with Gasteiger partial charge in [-0.05, 0) is 41.5 Å². The van der Waals surface area contributed by atoms with Gasteiger partial charge >= 0.3 is 0 Å². The van der Waals surface area contributed by atoms with Gasteiger partial charge in [-0.1, -0.05) is 61.0 Å². The van der Waals surface area contributed by atoms with E-state index in [-0.39, 0.29) is 11.8 Å². The minimum absolute atomic E-state index is 0.0732. The van der Waals surface area contributed by atoms with Crippen LogP contribution in [0.3, 0.4) is 0 Å². The van der Waals surface area contributed by atoms with Gasteiger partial charge < -0.3 is 15.1 Å². The second kappa shape index (κ2) is 10.8. The zero-order valence-corrected chi connectivity index (χ0v) is 19.4. The van der Waals surface area contributed by atoms with E-state index >= 15 is 0 Å². The van der Waals surface area contributed by atoms with Crippen LogP contribution in [0.1, 0.15) is 34.8 Å². The van der Waals surface area contributed by atoms with E-state index < -0.39 is 0 Å². The summed E-state index contributed by atoms with van der Waals surface area (Å²) >= 11 is 6.17. The molecule has 0 aliphatic heterocycles. The lowest BCUT2D eigenvalue weighted by Crippen LogP contribution is -2.30. The Bertz CT molecular complexity index is 1080. The highest BCUT2D eigenvalue weighted by Crippen LogP contribution is 2.26. The molecule has 32 heavy (non-hydrogen) atoms. The van der Waals surface area contributed by atoms with Crippen LogP contribution in [0, 0.1) is 0 Å². The molecule has 0 radical (unpaired) electrons. The summed E-state index contributed by atoms with van der Waals surface area (Å²) in [5.74, 6) is -0.200. The molecule has 0 aromatic heterocycles. The van der Waals surface area contributed by atoms with Gasteiger partial charge in [0.2, 0.25) is 5.91 Å². The fourth-order valence-electron chi connectivity index (χ4n) is 3.54. The van der Waals surface area contributed by atoms with Crippen molar-refractivity contribution < 1.29 is 9.59 Å². The van der Waals surface area contributed by atoms with Crippen molar-refractivity contribution in [1.29, 1.82) is 0 Å². The van der Waals surface area contributed by atoms with E-state index in [4.69, 9.17) is 11.6 Å². The van der Waals surface area contributed by atoms with Crippen molar-refractivity contribution in [2.24, 2.45) is 0 Å². The molecule has 0 fully saturated rings. The normalized spacial score (nSPS) is 10.5. The third kappa shape index (κ3) is 5.89. The number of carbonyl (C=O) groups excluding carboxylic acids is 2. The van der Waals surface area contributed by atoms with Crippen molar-refractivity contribution in [3.8, 4) is 0 Å². The maximum atomic E-state index is 12.7. The Hall–Kier alpha value is -3.31. The number of halogens is 1. The first kappa shape index (κ1) is 23.4. The summed E-state index contributed by atoms with van der Waals surface area (Å²) in [4.78, 5) is 29.3. The summed E-state index contributed by atoms with van der Waals surface area (Å²) in [6.45, 7) is 2.83. The van der Waals surface area contributed by atoms with Crippen molar-refractivity contribution in [3.63, 3.8) is 0 Å². The van der Waals surface area contributed by atoms with Gasteiger partial charge in [0.15, 0.2) is 0 Å². The molecule has 1 N–H and O–H groups in total. The van der Waals surface area contributed by atoms with Gasteiger partial charge in [-0.3, -0.25) is 9.59 Å². The average Bonchev–Trinajstić information content (AvgIpc) is 2.79. The molecule has 6 heteroatoms. The van der Waals surface area contributed by atoms with Crippen LogP contribution in [0.25, 0.3) is 0 Å². The fourth-order valence-corrected chi connectivity index (χ4v) is 3.76. The smallest absolute Gasteiger partial charge is 0.257 e. The van der Waals surface area contributed by atoms with Crippen LogP contribution in [0.4, 0.5) is 11.4 Å². The summed E-state index contributed by atoms with van der Waals surface area (Å²) < 4.78 is 0. The second-order valence-electron chi connectivity index (χ2n) is 7.76. The van der Waals surface area contributed by atoms with Crippen molar-refractivity contribution in [1.82, 2.24) is 4.90 Å². The molecular formula is C26H28ClN3O2. The molecule has 0 saturated heterocycles. The van der Waals surface area contributed by atoms with Gasteiger partial charge in [0.25, 0.3) is 5.91 Å². The van der Waals surface area contributed by atoms with Crippen molar-refractivity contribution in [2.45, 2.75) is 26.4 Å². The minimum Gasteiger partial charge on any atom is -0.377 e. The lowest BCUT2D eigenvalue weighted by molar-refractivity contribution is -0.132. The highest BCUT2D eigenvalue weighted by Gasteiger charge is 2.17. The number of rotatable bonds is 8. The molecule has 0 heterocycles. The minimum atomic E-state index is -0.273. The number of nitrogens with zero attached hydrogens (tertiary/aromatic N) is 2. The van der Waals surface area contributed by atoms with Gasteiger partial charge in [-0.15, -0.1) is 0 Å². The van der Waals surface area contributed by atoms with Gasteiger partial charge in [0.05, 0.1) is 10.6 Å². The zero-order valence-electron chi connectivity index (χ0n) is 18.6. The topological polar surface area (TPSA) is 52.7 Å². The van der Waals surface area contributed by atoms with Crippen LogP contribution >= 0.6 is 11.6 Å². The number of hydrogen-bond donors (Lipinski definition) is 1. The first-order valence-corrected chi connectivity index (χ1v) is 10.9. The summed E-state index contributed by atoms with van der Waals surface area (Å²) in [7, 11) is 3.92. The molecular weight excluding hydrogens is 422 g/mol. The molecule has 3 rings (SSSR count). The van der Waals surface area contributed by atoms with Crippen LogP contribution in [0.2, 0.25) is 5.02 Å². The predicted molar refractivity (Wildman–Crippen MR) is 131 cm³/mol. The monoisotopic (exact) mass is 449 g/mol. The van der Waals surface area contributed by atoms with Gasteiger partial charge in [-0.25, -0.2) is 0 Å². The van der Waals surface area contributed by atoms with E-state index in [0.29, 0.717) is 35.8 Å². The van der Waals surface area contributed by atoms with Crippen LogP contribution in [-0.4, -0.2) is 30.8 Å². The Balaban J connectivity index is 1.88. The maximum absolute atomic E-state index is 12.7. The first-order valence-electron chi connectivity index (χ1n) is 10.6. The molecule has 166 valence electrons. The lowest BCUT2D eigenvalue weighted by Gasteiger charge is -2.26. The lowest BCUT2D eigenvalue weighted by atomic mass is 10.1. The number of benzene rings is 3. The number of amides is 2. The van der Waals surface area contributed by atoms with Crippen LogP contribution in [-0.2, 0) is 17.9 Å². The summed E-state index contributed by atoms with van der Waals surface area (Å²) in [5.41, 5.74) is 4.08. The third-order valence-electron chi connectivity index (χ3n) is 5.17. The van der Waals surface area contributed by atoms with Gasteiger partial charge in [-0.2, -0.15) is 0 Å². The molecule has 3 aromatic carbocycles. The number of anilines is 2. The van der Waals surface area contributed by atoms with Crippen molar-refractivity contribution in [3.05, 3.63) is 94.5 Å². The third-order valence-corrected chi connectivity index (χ3v) is 5.50. The standard InChI is InChI=1S/C26H28ClN3O2/c1-4-25(31)30(17-19-10-6-5-7-11-19)18-20-16-21(14-15-24(20)29(2)3)28-26(32)22-12-8-9-13-23(22)27/h5-16H,4,17-18H2,1-3H3,(H,28,32). The van der Waals surface area contributed by atoms with E-state index in [9.17, 15) is 9.59 Å². The Morgan fingerprint density at radius 1 is 0.906 bits per heavy atom. The molecule has 0 unspecified atom stereocenters. The Morgan fingerprint density at radius 3 is 2.25 bits per heavy atom. The Morgan fingerprint density at radius 2 is 1.59 bits per heavy atom. The Kier molecular flexibility index (Phi) is 7.90. The van der Waals surface area contributed by atoms with E-state index in [0.717, 1.165) is 16.8 Å². The van der Waals surface area contributed by atoms with Crippen LogP contribution in [0.15, 0.2) is 72.8 Å². The van der Waals surface area contributed by atoms with E-state index in [2.05, 4.69) is 5.32 Å². The maximum Gasteiger partial charge on any atom is 0.257 e. The molecule has 5 nitrogen and oxygen atoms in total. The summed E-state index contributed by atoms with van der Waals surface area (Å²) in [5, 5.41) is 3.33. The summed E-state index contributed by atoms with van der Waals surface area (Å²) in [6.07, 6.45) is 0.424. The SMILES string of the molecule is CCC(=O)N(Cc1ccccc1)Cc1cc(NC(=O)c2ccccc2Cl)ccc1N(C)C. The zero-order chi connectivity index (χ0) is 23.1. The van der Waals surface area contributed by atoms with Gasteiger partial charge in [0, 0.05) is 45.0 Å². The van der Waals surface area contributed by atoms with E-state index in [1.54, 1.807) is 24.3 Å².